The number of aliphatic imine (C=N–C) groups is 1. The molecule has 0 spiro atoms. The van der Waals surface area contributed by atoms with E-state index in [4.69, 9.17) is 4.99 Å². The highest BCUT2D eigenvalue weighted by molar-refractivity contribution is 6.16. The molecule has 2 aliphatic heterocycles. The smallest absolute Gasteiger partial charge is 0.206 e. The summed E-state index contributed by atoms with van der Waals surface area (Å²) in [4.78, 5) is 9.36. The summed E-state index contributed by atoms with van der Waals surface area (Å²) in [5.41, 5.74) is 5.29. The van der Waals surface area contributed by atoms with Crippen LogP contribution in [-0.4, -0.2) is 19.0 Å². The van der Waals surface area contributed by atoms with Crippen LogP contribution in [0, 0.1) is 0 Å². The molecular formula is C18H19N3. The molecule has 2 aromatic rings. The highest BCUT2D eigenvalue weighted by Crippen LogP contribution is 2.39. The highest BCUT2D eigenvalue weighted by atomic mass is 15.5. The molecule has 0 saturated heterocycles. The van der Waals surface area contributed by atoms with E-state index in [1.807, 2.05) is 0 Å². The Morgan fingerprint density at radius 1 is 0.952 bits per heavy atom. The van der Waals surface area contributed by atoms with Crippen LogP contribution in [0.4, 0.5) is 11.4 Å². The fraction of sp³-hybridized carbons (Fsp3) is 0.278. The van der Waals surface area contributed by atoms with Crippen molar-refractivity contribution in [1.29, 1.82) is 0 Å². The molecule has 0 unspecified atom stereocenters. The Morgan fingerprint density at radius 2 is 1.67 bits per heavy atom. The first kappa shape index (κ1) is 12.5. The Hall–Kier alpha value is -2.29. The third-order valence-corrected chi connectivity index (χ3v) is 4.29. The summed E-state index contributed by atoms with van der Waals surface area (Å²) in [6.07, 6.45) is 1.09. The van der Waals surface area contributed by atoms with Crippen molar-refractivity contribution >= 4 is 17.3 Å². The van der Waals surface area contributed by atoms with Crippen molar-refractivity contribution in [3.63, 3.8) is 0 Å². The molecule has 3 nitrogen and oxygen atoms in total. The Bertz CT molecular complexity index is 688. The lowest BCUT2D eigenvalue weighted by Gasteiger charge is -2.19. The van der Waals surface area contributed by atoms with Gasteiger partial charge in [0.05, 0.1) is 24.5 Å². The Kier molecular flexibility index (Phi) is 2.92. The predicted molar refractivity (Wildman–Crippen MR) is 88.1 cm³/mol. The number of hydrogen-bond donors (Lipinski definition) is 0. The topological polar surface area (TPSA) is 18.8 Å². The summed E-state index contributed by atoms with van der Waals surface area (Å²) >= 11 is 0. The van der Waals surface area contributed by atoms with Gasteiger partial charge in [-0.15, -0.1) is 0 Å². The maximum absolute atomic E-state index is 4.69. The predicted octanol–water partition coefficient (Wildman–Crippen LogP) is 3.45. The minimum absolute atomic E-state index is 0.885. The van der Waals surface area contributed by atoms with E-state index in [9.17, 15) is 0 Å². The number of anilines is 2. The van der Waals surface area contributed by atoms with E-state index < -0.39 is 0 Å². The number of hydrogen-bond acceptors (Lipinski definition) is 3. The average molecular weight is 277 g/mol. The molecule has 4 rings (SSSR count). The van der Waals surface area contributed by atoms with Crippen LogP contribution < -0.4 is 9.80 Å². The maximum atomic E-state index is 4.69. The van der Waals surface area contributed by atoms with Crippen molar-refractivity contribution in [1.82, 2.24) is 0 Å². The van der Waals surface area contributed by atoms with Gasteiger partial charge in [-0.3, -0.25) is 4.99 Å². The van der Waals surface area contributed by atoms with E-state index >= 15 is 0 Å². The lowest BCUT2D eigenvalue weighted by atomic mass is 10.1. The largest absolute Gasteiger partial charge is 0.308 e. The van der Waals surface area contributed by atoms with Gasteiger partial charge in [0.25, 0.3) is 0 Å². The first-order chi connectivity index (χ1) is 10.4. The van der Waals surface area contributed by atoms with Crippen molar-refractivity contribution in [3.8, 4) is 0 Å². The van der Waals surface area contributed by atoms with Gasteiger partial charge in [0.2, 0.25) is 5.96 Å². The molecule has 21 heavy (non-hydrogen) atoms. The van der Waals surface area contributed by atoms with Gasteiger partial charge in [-0.2, -0.15) is 0 Å². The molecule has 2 aromatic carbocycles. The first-order valence-electron chi connectivity index (χ1n) is 7.63. The molecular weight excluding hydrogens is 258 g/mol. The zero-order valence-corrected chi connectivity index (χ0v) is 12.3. The summed E-state index contributed by atoms with van der Waals surface area (Å²) in [7, 11) is 0. The van der Waals surface area contributed by atoms with Crippen LogP contribution in [0.1, 0.15) is 18.1 Å². The number of nitrogens with zero attached hydrogens (tertiary/aromatic N) is 3. The normalized spacial score (nSPS) is 16.0. The fourth-order valence-corrected chi connectivity index (χ4v) is 3.14. The SMILES string of the molecule is CCc1ccc(CN2C3=NCCN3c3ccccc32)cc1. The molecule has 0 radical (unpaired) electrons. The maximum Gasteiger partial charge on any atom is 0.206 e. The highest BCUT2D eigenvalue weighted by Gasteiger charge is 2.34. The Morgan fingerprint density at radius 3 is 2.43 bits per heavy atom. The van der Waals surface area contributed by atoms with Gasteiger partial charge in [0, 0.05) is 6.54 Å². The third-order valence-electron chi connectivity index (χ3n) is 4.29. The van der Waals surface area contributed by atoms with Crippen LogP contribution >= 0.6 is 0 Å². The van der Waals surface area contributed by atoms with Gasteiger partial charge in [-0.05, 0) is 29.7 Å². The molecule has 0 fully saturated rings. The molecule has 106 valence electrons. The van der Waals surface area contributed by atoms with Crippen LogP contribution in [0.5, 0.6) is 0 Å². The number of fused-ring (bicyclic) bond motifs is 3. The molecule has 0 aliphatic carbocycles. The minimum Gasteiger partial charge on any atom is -0.308 e. The number of rotatable bonds is 3. The number of para-hydroxylation sites is 2. The lowest BCUT2D eigenvalue weighted by molar-refractivity contribution is 1.01. The molecule has 0 amide bonds. The van der Waals surface area contributed by atoms with E-state index in [-0.39, 0.29) is 0 Å². The van der Waals surface area contributed by atoms with Crippen LogP contribution in [0.25, 0.3) is 0 Å². The molecule has 0 aromatic heterocycles. The van der Waals surface area contributed by atoms with Gasteiger partial charge in [0.1, 0.15) is 0 Å². The van der Waals surface area contributed by atoms with E-state index in [0.717, 1.165) is 32.0 Å². The number of guanidine groups is 1. The second-order valence-corrected chi connectivity index (χ2v) is 5.58. The monoisotopic (exact) mass is 277 g/mol. The van der Waals surface area contributed by atoms with Crippen molar-refractivity contribution in [2.45, 2.75) is 19.9 Å². The van der Waals surface area contributed by atoms with Crippen molar-refractivity contribution in [3.05, 3.63) is 59.7 Å². The zero-order chi connectivity index (χ0) is 14.2. The molecule has 3 heteroatoms. The van der Waals surface area contributed by atoms with Crippen LogP contribution in [0.2, 0.25) is 0 Å². The molecule has 0 atom stereocenters. The fourth-order valence-electron chi connectivity index (χ4n) is 3.14. The number of aryl methyl sites for hydroxylation is 1. The Labute approximate surface area is 125 Å². The lowest BCUT2D eigenvalue weighted by Crippen LogP contribution is -2.34. The summed E-state index contributed by atoms with van der Waals surface area (Å²) in [5, 5.41) is 0. The van der Waals surface area contributed by atoms with Crippen molar-refractivity contribution < 1.29 is 0 Å². The first-order valence-corrected chi connectivity index (χ1v) is 7.63. The van der Waals surface area contributed by atoms with Crippen molar-refractivity contribution in [2.75, 3.05) is 22.9 Å². The summed E-state index contributed by atoms with van der Waals surface area (Å²) in [5.74, 6) is 1.11. The van der Waals surface area contributed by atoms with Gasteiger partial charge < -0.3 is 9.80 Å². The molecule has 2 heterocycles. The van der Waals surface area contributed by atoms with Gasteiger partial charge >= 0.3 is 0 Å². The van der Waals surface area contributed by atoms with Crippen molar-refractivity contribution in [2.24, 2.45) is 4.99 Å². The zero-order valence-electron chi connectivity index (χ0n) is 12.3. The third kappa shape index (κ3) is 2.00. The van der Waals surface area contributed by atoms with E-state index in [1.165, 1.54) is 22.5 Å². The second-order valence-electron chi connectivity index (χ2n) is 5.58. The molecule has 2 aliphatic rings. The van der Waals surface area contributed by atoms with E-state index in [0.29, 0.717) is 0 Å². The second kappa shape index (κ2) is 4.92. The minimum atomic E-state index is 0.885. The van der Waals surface area contributed by atoms with E-state index in [1.54, 1.807) is 0 Å². The quantitative estimate of drug-likeness (QED) is 0.855. The van der Waals surface area contributed by atoms with Crippen LogP contribution in [0.3, 0.4) is 0 Å². The average Bonchev–Trinajstić information content (AvgIpc) is 3.11. The summed E-state index contributed by atoms with van der Waals surface area (Å²) < 4.78 is 0. The number of benzene rings is 2. The van der Waals surface area contributed by atoms with Gasteiger partial charge in [-0.25, -0.2) is 0 Å². The van der Waals surface area contributed by atoms with Crippen LogP contribution in [0.15, 0.2) is 53.5 Å². The molecule has 0 saturated carbocycles. The Balaban J connectivity index is 1.67. The van der Waals surface area contributed by atoms with E-state index in [2.05, 4.69) is 65.3 Å². The summed E-state index contributed by atoms with van der Waals surface area (Å²) in [6.45, 7) is 4.97. The molecule has 0 N–H and O–H groups in total. The van der Waals surface area contributed by atoms with Gasteiger partial charge in [-0.1, -0.05) is 43.3 Å². The molecule has 0 bridgehead atoms. The van der Waals surface area contributed by atoms with Crippen LogP contribution in [-0.2, 0) is 13.0 Å². The van der Waals surface area contributed by atoms with Gasteiger partial charge in [0.15, 0.2) is 0 Å². The standard InChI is InChI=1S/C18H19N3/c1-2-14-7-9-15(10-8-14)13-21-17-6-4-3-5-16(17)20-12-11-19-18(20)21/h3-10H,2,11-13H2,1H3. The summed E-state index contributed by atoms with van der Waals surface area (Å²) in [6, 6.07) is 17.5.